The van der Waals surface area contributed by atoms with Crippen LogP contribution in [0.3, 0.4) is 0 Å². The first-order chi connectivity index (χ1) is 9.95. The molecule has 0 atom stereocenters. The van der Waals surface area contributed by atoms with E-state index in [0.717, 1.165) is 25.6 Å². The average molecular weight is 430 g/mol. The highest BCUT2D eigenvalue weighted by Crippen LogP contribution is 2.35. The third kappa shape index (κ3) is 2.89. The average Bonchev–Trinajstić information content (AvgIpc) is 2.82. The molecule has 0 saturated heterocycles. The highest BCUT2D eigenvalue weighted by molar-refractivity contribution is 9.11. The van der Waals surface area contributed by atoms with Crippen LogP contribution in [-0.2, 0) is 0 Å². The van der Waals surface area contributed by atoms with E-state index in [4.69, 9.17) is 16.0 Å². The lowest BCUT2D eigenvalue weighted by molar-refractivity contribution is 0.618. The minimum Gasteiger partial charge on any atom is -0.435 e. The predicted octanol–water partition coefficient (Wildman–Crippen LogP) is 6.80. The van der Waals surface area contributed by atoms with Crippen molar-refractivity contribution in [2.75, 3.05) is 0 Å². The Morgan fingerprint density at radius 2 is 1.90 bits per heavy atom. The summed E-state index contributed by atoms with van der Waals surface area (Å²) in [7, 11) is 0. The van der Waals surface area contributed by atoms with Crippen LogP contribution < -0.4 is 0 Å². The quantitative estimate of drug-likeness (QED) is 0.448. The second kappa shape index (κ2) is 5.75. The summed E-state index contributed by atoms with van der Waals surface area (Å²) in [5, 5.41) is 0.608. The first kappa shape index (κ1) is 15.1. The Balaban J connectivity index is 2.19. The van der Waals surface area contributed by atoms with Crippen LogP contribution in [0.15, 0.2) is 43.7 Å². The van der Waals surface area contributed by atoms with Crippen molar-refractivity contribution in [1.82, 2.24) is 4.98 Å². The predicted molar refractivity (Wildman–Crippen MR) is 93.9 cm³/mol. The number of oxazole rings is 1. The van der Waals surface area contributed by atoms with Crippen LogP contribution in [0.1, 0.15) is 25.3 Å². The molecule has 1 heterocycles. The van der Waals surface area contributed by atoms with Gasteiger partial charge in [0.05, 0.1) is 15.1 Å². The van der Waals surface area contributed by atoms with Crippen LogP contribution in [0.2, 0.25) is 5.02 Å². The molecule has 0 aliphatic heterocycles. The zero-order chi connectivity index (χ0) is 15.1. The summed E-state index contributed by atoms with van der Waals surface area (Å²) in [6.07, 6.45) is 0. The molecule has 5 heteroatoms. The summed E-state index contributed by atoms with van der Waals surface area (Å²) in [6.45, 7) is 4.31. The summed E-state index contributed by atoms with van der Waals surface area (Å²) in [5.41, 5.74) is 3.58. The van der Waals surface area contributed by atoms with Gasteiger partial charge < -0.3 is 4.42 Å². The van der Waals surface area contributed by atoms with Crippen molar-refractivity contribution in [3.63, 3.8) is 0 Å². The largest absolute Gasteiger partial charge is 0.435 e. The molecule has 0 spiro atoms. The minimum absolute atomic E-state index is 0.433. The van der Waals surface area contributed by atoms with E-state index in [-0.39, 0.29) is 0 Å². The zero-order valence-electron chi connectivity index (χ0n) is 11.5. The summed E-state index contributed by atoms with van der Waals surface area (Å²) in [5.74, 6) is 0.964. The first-order valence-corrected chi connectivity index (χ1v) is 8.47. The molecule has 0 N–H and O–H groups in total. The molecule has 2 aromatic carbocycles. The maximum atomic E-state index is 6.27. The highest BCUT2D eigenvalue weighted by Gasteiger charge is 2.15. The van der Waals surface area contributed by atoms with Crippen molar-refractivity contribution in [2.45, 2.75) is 19.8 Å². The van der Waals surface area contributed by atoms with Gasteiger partial charge in [-0.05, 0) is 57.7 Å². The van der Waals surface area contributed by atoms with E-state index in [2.05, 4.69) is 62.8 Å². The van der Waals surface area contributed by atoms with Gasteiger partial charge in [-0.1, -0.05) is 41.4 Å². The molecule has 0 bridgehead atoms. The van der Waals surface area contributed by atoms with Crippen molar-refractivity contribution in [2.24, 2.45) is 0 Å². The minimum atomic E-state index is 0.433. The number of benzene rings is 2. The second-order valence-corrected chi connectivity index (χ2v) is 7.33. The molecule has 0 unspecified atom stereocenters. The monoisotopic (exact) mass is 427 g/mol. The number of rotatable bonds is 2. The lowest BCUT2D eigenvalue weighted by atomic mass is 10.0. The number of hydrogen-bond acceptors (Lipinski definition) is 2. The van der Waals surface area contributed by atoms with Gasteiger partial charge in [0, 0.05) is 4.47 Å². The van der Waals surface area contributed by atoms with Gasteiger partial charge in [-0.2, -0.15) is 0 Å². The summed E-state index contributed by atoms with van der Waals surface area (Å²) in [4.78, 5) is 4.58. The topological polar surface area (TPSA) is 26.0 Å². The lowest BCUT2D eigenvalue weighted by Gasteiger charge is -2.04. The first-order valence-electron chi connectivity index (χ1n) is 6.51. The molecule has 0 aliphatic carbocycles. The summed E-state index contributed by atoms with van der Waals surface area (Å²) >= 11 is 13.2. The summed E-state index contributed by atoms with van der Waals surface area (Å²) < 4.78 is 7.72. The lowest BCUT2D eigenvalue weighted by Crippen LogP contribution is -1.87. The Morgan fingerprint density at radius 3 is 2.57 bits per heavy atom. The Labute approximate surface area is 144 Å². The molecular formula is C16H12Br2ClNO. The number of nitrogens with zero attached hydrogens (tertiary/aromatic N) is 1. The maximum absolute atomic E-state index is 6.27. The standard InChI is InChI=1S/C16H12Br2ClNO/c1-8(2)9-5-12(18)15-14(6-9)20-16(21-15)11-4-3-10(17)7-13(11)19/h3-8H,1-2H3. The van der Waals surface area contributed by atoms with Crippen LogP contribution in [0.4, 0.5) is 0 Å². The van der Waals surface area contributed by atoms with E-state index in [1.807, 2.05) is 18.2 Å². The molecule has 0 aliphatic rings. The molecular weight excluding hydrogens is 417 g/mol. The van der Waals surface area contributed by atoms with Gasteiger partial charge >= 0.3 is 0 Å². The molecule has 0 amide bonds. The van der Waals surface area contributed by atoms with Gasteiger partial charge in [-0.25, -0.2) is 4.98 Å². The normalized spacial score (nSPS) is 11.5. The number of halogens is 3. The SMILES string of the molecule is CC(C)c1cc(Br)c2oc(-c3ccc(Br)cc3Cl)nc2c1. The van der Waals surface area contributed by atoms with Crippen molar-refractivity contribution in [3.05, 3.63) is 49.9 Å². The Hall–Kier alpha value is -0.840. The molecule has 21 heavy (non-hydrogen) atoms. The van der Waals surface area contributed by atoms with E-state index in [0.29, 0.717) is 16.8 Å². The molecule has 2 nitrogen and oxygen atoms in total. The number of aromatic nitrogens is 1. The van der Waals surface area contributed by atoms with Gasteiger partial charge in [-0.3, -0.25) is 0 Å². The number of fused-ring (bicyclic) bond motifs is 1. The molecule has 108 valence electrons. The van der Waals surface area contributed by atoms with Crippen LogP contribution in [0.5, 0.6) is 0 Å². The van der Waals surface area contributed by atoms with E-state index in [1.165, 1.54) is 5.56 Å². The van der Waals surface area contributed by atoms with Gasteiger partial charge in [0.2, 0.25) is 5.89 Å². The van der Waals surface area contributed by atoms with Crippen LogP contribution >= 0.6 is 43.5 Å². The Kier molecular flexibility index (Phi) is 4.12. The smallest absolute Gasteiger partial charge is 0.228 e. The molecule has 0 radical (unpaired) electrons. The van der Waals surface area contributed by atoms with Crippen molar-refractivity contribution < 1.29 is 4.42 Å². The third-order valence-electron chi connectivity index (χ3n) is 3.30. The van der Waals surface area contributed by atoms with Crippen molar-refractivity contribution in [1.29, 1.82) is 0 Å². The fraction of sp³-hybridized carbons (Fsp3) is 0.188. The van der Waals surface area contributed by atoms with E-state index in [1.54, 1.807) is 0 Å². The second-order valence-electron chi connectivity index (χ2n) is 5.15. The molecule has 0 fully saturated rings. The maximum Gasteiger partial charge on any atom is 0.228 e. The molecule has 3 aromatic rings. The Bertz CT molecular complexity index is 827. The van der Waals surface area contributed by atoms with Crippen molar-refractivity contribution >= 4 is 54.6 Å². The zero-order valence-corrected chi connectivity index (χ0v) is 15.4. The third-order valence-corrected chi connectivity index (χ3v) is 4.69. The van der Waals surface area contributed by atoms with E-state index >= 15 is 0 Å². The van der Waals surface area contributed by atoms with Crippen LogP contribution in [-0.4, -0.2) is 4.98 Å². The van der Waals surface area contributed by atoms with Gasteiger partial charge in [-0.15, -0.1) is 0 Å². The fourth-order valence-corrected chi connectivity index (χ4v) is 3.43. The van der Waals surface area contributed by atoms with E-state index in [9.17, 15) is 0 Å². The van der Waals surface area contributed by atoms with Crippen LogP contribution in [0, 0.1) is 0 Å². The van der Waals surface area contributed by atoms with Gasteiger partial charge in [0.15, 0.2) is 5.58 Å². The fourth-order valence-electron chi connectivity index (χ4n) is 2.12. The molecule has 3 rings (SSSR count). The van der Waals surface area contributed by atoms with Crippen molar-refractivity contribution in [3.8, 4) is 11.5 Å². The Morgan fingerprint density at radius 1 is 1.14 bits per heavy atom. The van der Waals surface area contributed by atoms with Crippen LogP contribution in [0.25, 0.3) is 22.6 Å². The van der Waals surface area contributed by atoms with Gasteiger partial charge in [0.25, 0.3) is 0 Å². The molecule has 1 aromatic heterocycles. The molecule has 0 saturated carbocycles. The number of hydrogen-bond donors (Lipinski definition) is 0. The van der Waals surface area contributed by atoms with Gasteiger partial charge in [0.1, 0.15) is 5.52 Å². The van der Waals surface area contributed by atoms with E-state index < -0.39 is 0 Å². The highest BCUT2D eigenvalue weighted by atomic mass is 79.9. The summed E-state index contributed by atoms with van der Waals surface area (Å²) in [6, 6.07) is 9.79.